The Morgan fingerprint density at radius 3 is 2.18 bits per heavy atom. The molecule has 0 bridgehead atoms. The van der Waals surface area contributed by atoms with E-state index in [4.69, 9.17) is 6.11 Å². The van der Waals surface area contributed by atoms with E-state index in [0.717, 1.165) is 28.0 Å². The highest BCUT2D eigenvalue weighted by atomic mass is 16.5. The van der Waals surface area contributed by atoms with E-state index in [0.29, 0.717) is 6.05 Å². The van der Waals surface area contributed by atoms with Gasteiger partial charge in [0, 0.05) is 11.1 Å². The molecular weight excluding hydrogens is 268 g/mol. The van der Waals surface area contributed by atoms with Crippen LogP contribution in [-0.4, -0.2) is 0 Å². The molecule has 0 aliphatic carbocycles. The predicted molar refractivity (Wildman–Crippen MR) is 90.6 cm³/mol. The first-order valence-corrected chi connectivity index (χ1v) is 7.42. The molecule has 0 radical (unpaired) electrons. The number of ether oxygens (including phenoxy) is 1. The van der Waals surface area contributed by atoms with Gasteiger partial charge in [0.05, 0.1) is 1.37 Å². The van der Waals surface area contributed by atoms with Crippen LogP contribution in [0.3, 0.4) is 0 Å². The van der Waals surface area contributed by atoms with Gasteiger partial charge < -0.3 is 4.74 Å². The Balaban J connectivity index is 1.92. The van der Waals surface area contributed by atoms with Crippen LogP contribution in [0.4, 0.5) is 0 Å². The highest BCUT2D eigenvalue weighted by Gasteiger charge is 2.29. The van der Waals surface area contributed by atoms with E-state index < -0.39 is 0 Å². The summed E-state index contributed by atoms with van der Waals surface area (Å²) in [6, 6.07) is 28.4. The van der Waals surface area contributed by atoms with Gasteiger partial charge in [0.2, 0.25) is 0 Å². The fourth-order valence-corrected chi connectivity index (χ4v) is 2.79. The van der Waals surface area contributed by atoms with Crippen LogP contribution >= 0.6 is 0 Å². The smallest absolute Gasteiger partial charge is 0.150 e. The summed E-state index contributed by atoms with van der Waals surface area (Å²) in [6.45, 7) is 0. The third kappa shape index (κ3) is 2.31. The first kappa shape index (κ1) is 11.8. The Hall–Kier alpha value is -2.80. The van der Waals surface area contributed by atoms with Crippen LogP contribution in [0.1, 0.15) is 24.2 Å². The number of benzene rings is 3. The molecule has 1 heterocycles. The lowest BCUT2D eigenvalue weighted by atomic mass is 9.95. The van der Waals surface area contributed by atoms with Gasteiger partial charge in [0.25, 0.3) is 0 Å². The zero-order chi connectivity index (χ0) is 15.6. The number of hydrogen-bond donors (Lipinski definition) is 0. The molecule has 1 atom stereocenters. The van der Waals surface area contributed by atoms with E-state index in [9.17, 15) is 0 Å². The topological polar surface area (TPSA) is 9.23 Å². The zero-order valence-electron chi connectivity index (χ0n) is 13.1. The number of para-hydroxylation sites is 1. The molecule has 0 aromatic heterocycles. The summed E-state index contributed by atoms with van der Waals surface area (Å²) in [5.74, 6) is 0.844. The fourth-order valence-electron chi connectivity index (χ4n) is 2.79. The molecule has 1 aliphatic heterocycles. The Labute approximate surface area is 131 Å². The highest BCUT2D eigenvalue weighted by molar-refractivity contribution is 5.89. The summed E-state index contributed by atoms with van der Waals surface area (Å²) in [5.41, 5.74) is 3.91. The lowest BCUT2D eigenvalue weighted by molar-refractivity contribution is 0.284. The molecule has 1 aliphatic rings. The van der Waals surface area contributed by atoms with E-state index in [1.165, 1.54) is 0 Å². The van der Waals surface area contributed by atoms with Crippen molar-refractivity contribution in [3.05, 3.63) is 102 Å². The molecule has 0 saturated carbocycles. The lowest BCUT2D eigenvalue weighted by Gasteiger charge is -2.13. The molecular formula is C21H16O. The summed E-state index contributed by atoms with van der Waals surface area (Å²) in [5, 5.41) is 0. The second-order valence-corrected chi connectivity index (χ2v) is 5.31. The summed E-state index contributed by atoms with van der Waals surface area (Å²) in [6.07, 6.45) is -0.235. The number of rotatable bonds is 2. The third-order valence-electron chi connectivity index (χ3n) is 3.84. The maximum absolute atomic E-state index is 8.72. The monoisotopic (exact) mass is 285 g/mol. The van der Waals surface area contributed by atoms with Crippen LogP contribution in [0.5, 0.6) is 5.75 Å². The van der Waals surface area contributed by atoms with Gasteiger partial charge in [-0.3, -0.25) is 0 Å². The highest BCUT2D eigenvalue weighted by Crippen LogP contribution is 2.45. The first-order valence-electron chi connectivity index (χ1n) is 7.92. The van der Waals surface area contributed by atoms with Crippen LogP contribution in [-0.2, 0) is 0 Å². The van der Waals surface area contributed by atoms with E-state index in [1.54, 1.807) is 0 Å². The van der Waals surface area contributed by atoms with E-state index in [1.807, 2.05) is 72.8 Å². The van der Waals surface area contributed by atoms with Crippen LogP contribution in [0.25, 0.3) is 11.6 Å². The molecule has 4 rings (SSSR count). The summed E-state index contributed by atoms with van der Waals surface area (Å²) in [4.78, 5) is 0. The molecule has 1 unspecified atom stereocenters. The molecule has 0 saturated heterocycles. The van der Waals surface area contributed by atoms with Crippen LogP contribution in [0.15, 0.2) is 84.9 Å². The third-order valence-corrected chi connectivity index (χ3v) is 3.84. The zero-order valence-corrected chi connectivity index (χ0v) is 12.1. The maximum atomic E-state index is 8.72. The van der Waals surface area contributed by atoms with Crippen molar-refractivity contribution in [1.82, 2.24) is 0 Å². The van der Waals surface area contributed by atoms with Crippen molar-refractivity contribution in [1.29, 1.82) is 0 Å². The molecule has 1 nitrogen and oxygen atoms in total. The van der Waals surface area contributed by atoms with Crippen LogP contribution in [0, 0.1) is 0 Å². The van der Waals surface area contributed by atoms with E-state index in [2.05, 4.69) is 12.1 Å². The Morgan fingerprint density at radius 1 is 0.773 bits per heavy atom. The fraction of sp³-hybridized carbons (Fsp3) is 0.0476. The van der Waals surface area contributed by atoms with Crippen molar-refractivity contribution in [2.75, 3.05) is 0 Å². The van der Waals surface area contributed by atoms with Gasteiger partial charge in [-0.25, -0.2) is 0 Å². The molecule has 3 aromatic rings. The van der Waals surface area contributed by atoms with Crippen LogP contribution in [0.2, 0.25) is 0 Å². The maximum Gasteiger partial charge on any atom is 0.150 e. The van der Waals surface area contributed by atoms with Gasteiger partial charge in [-0.2, -0.15) is 0 Å². The molecule has 0 amide bonds. The van der Waals surface area contributed by atoms with Crippen molar-refractivity contribution in [3.63, 3.8) is 0 Å². The molecule has 0 N–H and O–H groups in total. The van der Waals surface area contributed by atoms with Crippen molar-refractivity contribution in [2.45, 2.75) is 6.10 Å². The first-order chi connectivity index (χ1) is 11.3. The Bertz CT molecular complexity index is 853. The lowest BCUT2D eigenvalue weighted by Crippen LogP contribution is -2.02. The standard InChI is InChI=1S/C21H16O/c1-3-9-16(10-4-1)15-19-18-13-7-8-14-20(18)22-21(19)17-11-5-2-6-12-17/h1-15,21H/b19-15+/i15D. The summed E-state index contributed by atoms with van der Waals surface area (Å²) >= 11 is 0. The van der Waals surface area contributed by atoms with Crippen molar-refractivity contribution in [2.24, 2.45) is 0 Å². The Morgan fingerprint density at radius 2 is 1.41 bits per heavy atom. The molecule has 0 fully saturated rings. The SMILES string of the molecule is [2H]/C(=C1/c2ccccc2OC1c1ccccc1)c1ccccc1. The van der Waals surface area contributed by atoms with Gasteiger partial charge in [-0.15, -0.1) is 0 Å². The minimum absolute atomic E-state index is 0.235. The largest absolute Gasteiger partial charge is 0.480 e. The summed E-state index contributed by atoms with van der Waals surface area (Å²) < 4.78 is 14.9. The quantitative estimate of drug-likeness (QED) is 0.616. The summed E-state index contributed by atoms with van der Waals surface area (Å²) in [7, 11) is 0. The van der Waals surface area contributed by atoms with Gasteiger partial charge in [-0.1, -0.05) is 78.9 Å². The average molecular weight is 285 g/mol. The van der Waals surface area contributed by atoms with E-state index in [-0.39, 0.29) is 6.10 Å². The molecule has 22 heavy (non-hydrogen) atoms. The van der Waals surface area contributed by atoms with Crippen molar-refractivity contribution >= 4 is 11.6 Å². The second-order valence-electron chi connectivity index (χ2n) is 5.31. The van der Waals surface area contributed by atoms with Crippen molar-refractivity contribution < 1.29 is 6.11 Å². The van der Waals surface area contributed by atoms with Gasteiger partial charge >= 0.3 is 0 Å². The van der Waals surface area contributed by atoms with Gasteiger partial charge in [0.1, 0.15) is 11.9 Å². The van der Waals surface area contributed by atoms with E-state index >= 15 is 0 Å². The predicted octanol–water partition coefficient (Wildman–Crippen LogP) is 5.36. The second kappa shape index (κ2) is 5.53. The van der Waals surface area contributed by atoms with Crippen LogP contribution < -0.4 is 4.74 Å². The van der Waals surface area contributed by atoms with Gasteiger partial charge in [-0.05, 0) is 23.2 Å². The molecule has 1 heteroatoms. The average Bonchev–Trinajstić information content (AvgIpc) is 3.02. The number of hydrogen-bond acceptors (Lipinski definition) is 1. The Kier molecular flexibility index (Phi) is 2.97. The minimum atomic E-state index is -0.235. The van der Waals surface area contributed by atoms with Gasteiger partial charge in [0.15, 0.2) is 0 Å². The minimum Gasteiger partial charge on any atom is -0.480 e. The normalized spacial score (nSPS) is 19.1. The number of fused-ring (bicyclic) bond motifs is 1. The molecule has 3 aromatic carbocycles. The molecule has 106 valence electrons. The van der Waals surface area contributed by atoms with Crippen molar-refractivity contribution in [3.8, 4) is 5.75 Å². The molecule has 0 spiro atoms.